The molecule has 0 atom stereocenters. The van der Waals surface area contributed by atoms with Crippen LogP contribution >= 0.6 is 7.14 Å². The zero-order chi connectivity index (χ0) is 9.60. The third kappa shape index (κ3) is 1.25. The summed E-state index contributed by atoms with van der Waals surface area (Å²) in [6.07, 6.45) is 6.40. The van der Waals surface area contributed by atoms with Crippen LogP contribution in [-0.2, 0) is 4.57 Å². The topological polar surface area (TPSA) is 30.0 Å². The molecule has 0 amide bonds. The molecular weight excluding hydrogens is 193 g/mol. The highest BCUT2D eigenvalue weighted by Gasteiger charge is 2.52. The van der Waals surface area contributed by atoms with Crippen LogP contribution in [0.5, 0.6) is 0 Å². The molecule has 0 bridgehead atoms. The smallest absolute Gasteiger partial charge is 0.138 e. The van der Waals surface area contributed by atoms with Crippen molar-refractivity contribution in [2.75, 3.05) is 0 Å². The molecule has 2 fully saturated rings. The minimum Gasteiger partial charge on any atom is -0.316 e. The fraction of sp³-hybridized carbons (Fsp3) is 0.545. The van der Waals surface area contributed by atoms with Crippen molar-refractivity contribution < 1.29 is 4.57 Å². The van der Waals surface area contributed by atoms with Crippen LogP contribution in [0.2, 0.25) is 0 Å². The Kier molecular flexibility index (Phi) is 1.82. The quantitative estimate of drug-likeness (QED) is 0.712. The van der Waals surface area contributed by atoms with Gasteiger partial charge in [0.05, 0.1) is 0 Å². The lowest BCUT2D eigenvalue weighted by Crippen LogP contribution is -2.15. The summed E-state index contributed by atoms with van der Waals surface area (Å²) in [6.45, 7) is 0. The van der Waals surface area contributed by atoms with Gasteiger partial charge in [-0.15, -0.1) is 0 Å². The second kappa shape index (κ2) is 2.93. The van der Waals surface area contributed by atoms with Gasteiger partial charge in [-0.05, 0) is 37.8 Å². The zero-order valence-electron chi connectivity index (χ0n) is 8.10. The molecule has 2 nitrogen and oxygen atoms in total. The lowest BCUT2D eigenvalue weighted by molar-refractivity contribution is 0.578. The van der Waals surface area contributed by atoms with E-state index in [1.54, 1.807) is 6.20 Å². The first-order chi connectivity index (χ1) is 6.82. The van der Waals surface area contributed by atoms with Crippen molar-refractivity contribution >= 4 is 12.6 Å². The van der Waals surface area contributed by atoms with Crippen LogP contribution in [0.4, 0.5) is 0 Å². The summed E-state index contributed by atoms with van der Waals surface area (Å²) >= 11 is 0. The second-order valence-corrected chi connectivity index (χ2v) is 7.70. The van der Waals surface area contributed by atoms with Gasteiger partial charge < -0.3 is 4.57 Å². The van der Waals surface area contributed by atoms with Crippen molar-refractivity contribution in [1.29, 1.82) is 0 Å². The maximum atomic E-state index is 12.9. The first-order valence-corrected chi connectivity index (χ1v) is 7.17. The molecule has 1 aromatic heterocycles. The van der Waals surface area contributed by atoms with Crippen molar-refractivity contribution in [3.05, 3.63) is 24.4 Å². The van der Waals surface area contributed by atoms with Gasteiger partial charge in [0.2, 0.25) is 0 Å². The third-order valence-corrected chi connectivity index (χ3v) is 7.37. The largest absolute Gasteiger partial charge is 0.316 e. The SMILES string of the molecule is O=P(c1ccccn1)(C1CC1)C1CC1. The van der Waals surface area contributed by atoms with Gasteiger partial charge in [0.15, 0.2) is 0 Å². The molecule has 1 heterocycles. The fourth-order valence-corrected chi connectivity index (χ4v) is 5.89. The van der Waals surface area contributed by atoms with Gasteiger partial charge in [0.25, 0.3) is 0 Å². The van der Waals surface area contributed by atoms with E-state index >= 15 is 0 Å². The van der Waals surface area contributed by atoms with E-state index in [0.717, 1.165) is 31.1 Å². The summed E-state index contributed by atoms with van der Waals surface area (Å²) in [5.74, 6) is 0. The molecule has 2 aliphatic rings. The highest BCUT2D eigenvalue weighted by molar-refractivity contribution is 7.73. The van der Waals surface area contributed by atoms with Gasteiger partial charge in [0.1, 0.15) is 12.6 Å². The van der Waals surface area contributed by atoms with Crippen molar-refractivity contribution in [2.45, 2.75) is 37.0 Å². The summed E-state index contributed by atoms with van der Waals surface area (Å²) < 4.78 is 12.9. The summed E-state index contributed by atoms with van der Waals surface area (Å²) in [4.78, 5) is 4.31. The molecular formula is C11H14NOP. The van der Waals surface area contributed by atoms with Crippen molar-refractivity contribution in [2.24, 2.45) is 0 Å². The number of pyridine rings is 1. The van der Waals surface area contributed by atoms with E-state index in [1.165, 1.54) is 0 Å². The average molecular weight is 207 g/mol. The highest BCUT2D eigenvalue weighted by atomic mass is 31.2. The molecule has 1 aromatic rings. The number of nitrogens with zero attached hydrogens (tertiary/aromatic N) is 1. The van der Waals surface area contributed by atoms with Crippen molar-refractivity contribution in [3.8, 4) is 0 Å². The van der Waals surface area contributed by atoms with Crippen LogP contribution in [-0.4, -0.2) is 16.3 Å². The standard InChI is InChI=1S/C11H14NOP/c13-14(9-4-5-9,10-6-7-10)11-3-1-2-8-12-11/h1-3,8-10H,4-7H2. The van der Waals surface area contributed by atoms with E-state index in [1.807, 2.05) is 18.2 Å². The monoisotopic (exact) mass is 207 g/mol. The maximum Gasteiger partial charge on any atom is 0.138 e. The minimum absolute atomic E-state index is 0.477. The molecule has 0 radical (unpaired) electrons. The van der Waals surface area contributed by atoms with Gasteiger partial charge in [-0.1, -0.05) is 6.07 Å². The van der Waals surface area contributed by atoms with Gasteiger partial charge in [0, 0.05) is 17.5 Å². The molecule has 0 aliphatic heterocycles. The van der Waals surface area contributed by atoms with E-state index in [4.69, 9.17) is 0 Å². The normalized spacial score (nSPS) is 22.3. The van der Waals surface area contributed by atoms with Crippen molar-refractivity contribution in [3.63, 3.8) is 0 Å². The van der Waals surface area contributed by atoms with Crippen LogP contribution in [0.25, 0.3) is 0 Å². The van der Waals surface area contributed by atoms with Crippen LogP contribution in [0.15, 0.2) is 24.4 Å². The summed E-state index contributed by atoms with van der Waals surface area (Å²) in [7, 11) is -2.10. The molecule has 0 aromatic carbocycles. The maximum absolute atomic E-state index is 12.9. The molecule has 74 valence electrons. The molecule has 3 rings (SSSR count). The van der Waals surface area contributed by atoms with E-state index in [-0.39, 0.29) is 0 Å². The predicted molar refractivity (Wildman–Crippen MR) is 57.5 cm³/mol. The van der Waals surface area contributed by atoms with Crippen LogP contribution < -0.4 is 5.44 Å². The predicted octanol–water partition coefficient (Wildman–Crippen LogP) is 2.39. The van der Waals surface area contributed by atoms with Gasteiger partial charge in [-0.2, -0.15) is 0 Å². The molecule has 2 saturated carbocycles. The number of hydrogen-bond donors (Lipinski definition) is 0. The second-order valence-electron chi connectivity index (χ2n) is 4.36. The Morgan fingerprint density at radius 2 is 1.79 bits per heavy atom. The lowest BCUT2D eigenvalue weighted by atomic mass is 10.5. The third-order valence-electron chi connectivity index (χ3n) is 3.19. The van der Waals surface area contributed by atoms with Gasteiger partial charge in [-0.25, -0.2) is 0 Å². The van der Waals surface area contributed by atoms with Gasteiger partial charge >= 0.3 is 0 Å². The number of aromatic nitrogens is 1. The Bertz CT molecular complexity index is 366. The molecule has 0 spiro atoms. The summed E-state index contributed by atoms with van der Waals surface area (Å²) in [5, 5.41) is 0. The molecule has 0 saturated heterocycles. The molecule has 3 heteroatoms. The van der Waals surface area contributed by atoms with Crippen LogP contribution in [0.3, 0.4) is 0 Å². The Hall–Kier alpha value is -0.620. The van der Waals surface area contributed by atoms with Crippen LogP contribution in [0.1, 0.15) is 25.7 Å². The number of hydrogen-bond acceptors (Lipinski definition) is 2. The molecule has 14 heavy (non-hydrogen) atoms. The summed E-state index contributed by atoms with van der Waals surface area (Å²) in [5.41, 5.74) is 1.85. The Morgan fingerprint density at radius 1 is 1.14 bits per heavy atom. The van der Waals surface area contributed by atoms with E-state index in [9.17, 15) is 4.57 Å². The van der Waals surface area contributed by atoms with Crippen LogP contribution in [0, 0.1) is 0 Å². The van der Waals surface area contributed by atoms with E-state index in [2.05, 4.69) is 4.98 Å². The van der Waals surface area contributed by atoms with E-state index < -0.39 is 7.14 Å². The Balaban J connectivity index is 2.03. The fourth-order valence-electron chi connectivity index (χ4n) is 2.15. The minimum atomic E-state index is -2.10. The first kappa shape index (κ1) is 8.67. The Labute approximate surface area is 84.1 Å². The highest BCUT2D eigenvalue weighted by Crippen LogP contribution is 2.68. The van der Waals surface area contributed by atoms with E-state index in [0.29, 0.717) is 11.3 Å². The summed E-state index contributed by atoms with van der Waals surface area (Å²) in [6, 6.07) is 5.81. The lowest BCUT2D eigenvalue weighted by Gasteiger charge is -2.15. The average Bonchev–Trinajstić information content (AvgIpc) is 3.06. The zero-order valence-corrected chi connectivity index (χ0v) is 8.99. The van der Waals surface area contributed by atoms with Crippen molar-refractivity contribution in [1.82, 2.24) is 4.98 Å². The molecule has 2 aliphatic carbocycles. The Morgan fingerprint density at radius 3 is 2.21 bits per heavy atom. The number of rotatable bonds is 3. The first-order valence-electron chi connectivity index (χ1n) is 5.33. The molecule has 0 unspecified atom stereocenters. The van der Waals surface area contributed by atoms with Gasteiger partial charge in [-0.3, -0.25) is 4.98 Å². The molecule has 0 N–H and O–H groups in total.